The molecule has 0 bridgehead atoms. The molecule has 122 valence electrons. The first-order valence-electron chi connectivity index (χ1n) is 7.99. The van der Waals surface area contributed by atoms with Gasteiger partial charge in [0.1, 0.15) is 5.60 Å². The summed E-state index contributed by atoms with van der Waals surface area (Å²) in [7, 11) is 0. The Morgan fingerprint density at radius 2 is 1.55 bits per heavy atom. The largest absolute Gasteiger partial charge is 0.478 e. The number of carbonyl (C=O) groups excluding carboxylic acids is 1. The number of hydrogen-bond donors (Lipinski definition) is 1. The van der Waals surface area contributed by atoms with Crippen molar-refractivity contribution in [2.45, 2.75) is 64.9 Å². The molecule has 0 atom stereocenters. The number of ether oxygens (including phenoxy) is 1. The van der Waals surface area contributed by atoms with Crippen LogP contribution in [0, 0.1) is 0 Å². The van der Waals surface area contributed by atoms with Crippen molar-refractivity contribution in [2.75, 3.05) is 0 Å². The van der Waals surface area contributed by atoms with Crippen LogP contribution in [0.5, 0.6) is 0 Å². The van der Waals surface area contributed by atoms with E-state index in [2.05, 4.69) is 13.8 Å². The Labute approximate surface area is 132 Å². The van der Waals surface area contributed by atoms with Gasteiger partial charge in [-0.25, -0.2) is 9.59 Å². The number of esters is 1. The third kappa shape index (κ3) is 5.17. The van der Waals surface area contributed by atoms with Gasteiger partial charge in [-0.1, -0.05) is 38.8 Å². The smallest absolute Gasteiger partial charge is 0.339 e. The van der Waals surface area contributed by atoms with Crippen LogP contribution in [0.3, 0.4) is 0 Å². The topological polar surface area (TPSA) is 63.6 Å². The zero-order valence-corrected chi connectivity index (χ0v) is 13.7. The van der Waals surface area contributed by atoms with Crippen molar-refractivity contribution >= 4 is 11.9 Å². The molecule has 0 heterocycles. The number of carboxylic acid groups (broad SMARTS) is 1. The molecule has 0 fully saturated rings. The molecule has 4 heteroatoms. The number of carbonyl (C=O) groups is 2. The zero-order chi connectivity index (χ0) is 16.6. The van der Waals surface area contributed by atoms with Crippen molar-refractivity contribution in [1.82, 2.24) is 0 Å². The van der Waals surface area contributed by atoms with Gasteiger partial charge in [0.25, 0.3) is 0 Å². The van der Waals surface area contributed by atoms with E-state index in [1.807, 2.05) is 6.92 Å². The van der Waals surface area contributed by atoms with Crippen LogP contribution in [0.2, 0.25) is 0 Å². The summed E-state index contributed by atoms with van der Waals surface area (Å²) in [5, 5.41) is 9.19. The second-order valence-corrected chi connectivity index (χ2v) is 5.90. The Balaban J connectivity index is 2.93. The predicted molar refractivity (Wildman–Crippen MR) is 86.3 cm³/mol. The molecule has 0 spiro atoms. The third-order valence-electron chi connectivity index (χ3n) is 3.83. The van der Waals surface area contributed by atoms with Gasteiger partial charge < -0.3 is 9.84 Å². The summed E-state index contributed by atoms with van der Waals surface area (Å²) in [5.74, 6) is -1.66. The second kappa shape index (κ2) is 8.57. The summed E-state index contributed by atoms with van der Waals surface area (Å²) in [4.78, 5) is 23.7. The Morgan fingerprint density at radius 3 is 2.00 bits per heavy atom. The molecule has 0 aromatic heterocycles. The number of aromatic carboxylic acids is 1. The normalized spacial score (nSPS) is 11.2. The molecule has 0 aliphatic rings. The van der Waals surface area contributed by atoms with Crippen molar-refractivity contribution in [3.63, 3.8) is 0 Å². The fourth-order valence-electron chi connectivity index (χ4n) is 2.45. The van der Waals surface area contributed by atoms with E-state index in [1.54, 1.807) is 12.1 Å². The Morgan fingerprint density at radius 1 is 1.05 bits per heavy atom. The first kappa shape index (κ1) is 18.2. The molecular weight excluding hydrogens is 280 g/mol. The van der Waals surface area contributed by atoms with Crippen LogP contribution in [-0.2, 0) is 4.74 Å². The van der Waals surface area contributed by atoms with Crippen molar-refractivity contribution in [3.05, 3.63) is 35.4 Å². The van der Waals surface area contributed by atoms with Gasteiger partial charge in [0.2, 0.25) is 0 Å². The highest BCUT2D eigenvalue weighted by Crippen LogP contribution is 2.27. The van der Waals surface area contributed by atoms with E-state index in [-0.39, 0.29) is 11.1 Å². The standard InChI is InChI=1S/C18H26O4/c1-4-6-12-18(3,13-7-5-2)22-17(21)15-11-9-8-10-14(15)16(19)20/h8-11H,4-7,12-13H2,1-3H3,(H,19,20). The van der Waals surface area contributed by atoms with Gasteiger partial charge in [-0.15, -0.1) is 0 Å². The molecule has 4 nitrogen and oxygen atoms in total. The monoisotopic (exact) mass is 306 g/mol. The second-order valence-electron chi connectivity index (χ2n) is 5.90. The first-order valence-corrected chi connectivity index (χ1v) is 7.99. The van der Waals surface area contributed by atoms with E-state index in [1.165, 1.54) is 12.1 Å². The maximum absolute atomic E-state index is 12.4. The van der Waals surface area contributed by atoms with E-state index >= 15 is 0 Å². The van der Waals surface area contributed by atoms with Crippen molar-refractivity contribution < 1.29 is 19.4 Å². The van der Waals surface area contributed by atoms with Gasteiger partial charge >= 0.3 is 11.9 Å². The molecule has 22 heavy (non-hydrogen) atoms. The highest BCUT2D eigenvalue weighted by molar-refractivity contribution is 6.02. The summed E-state index contributed by atoms with van der Waals surface area (Å²) in [6.45, 7) is 6.14. The van der Waals surface area contributed by atoms with Crippen molar-refractivity contribution in [1.29, 1.82) is 0 Å². The molecular formula is C18H26O4. The Bertz CT molecular complexity index is 500. The molecule has 0 amide bonds. The molecule has 0 saturated carbocycles. The molecule has 0 unspecified atom stereocenters. The van der Waals surface area contributed by atoms with Crippen molar-refractivity contribution in [2.24, 2.45) is 0 Å². The van der Waals surface area contributed by atoms with Gasteiger partial charge in [-0.05, 0) is 44.7 Å². The lowest BCUT2D eigenvalue weighted by atomic mass is 9.92. The number of rotatable bonds is 9. The summed E-state index contributed by atoms with van der Waals surface area (Å²) in [6.07, 6.45) is 5.62. The fourth-order valence-corrected chi connectivity index (χ4v) is 2.45. The van der Waals surface area contributed by atoms with Crippen LogP contribution in [0.1, 0.15) is 80.0 Å². The van der Waals surface area contributed by atoms with Gasteiger partial charge in [-0.3, -0.25) is 0 Å². The minimum atomic E-state index is -1.11. The lowest BCUT2D eigenvalue weighted by Gasteiger charge is -2.30. The van der Waals surface area contributed by atoms with E-state index in [0.717, 1.165) is 38.5 Å². The van der Waals surface area contributed by atoms with Crippen molar-refractivity contribution in [3.8, 4) is 0 Å². The lowest BCUT2D eigenvalue weighted by Crippen LogP contribution is -2.32. The summed E-state index contributed by atoms with van der Waals surface area (Å²) in [5.41, 5.74) is -0.426. The molecule has 0 radical (unpaired) electrons. The molecule has 0 aliphatic carbocycles. The van der Waals surface area contributed by atoms with E-state index in [0.29, 0.717) is 0 Å². The average molecular weight is 306 g/mol. The number of carboxylic acids is 1. The third-order valence-corrected chi connectivity index (χ3v) is 3.83. The first-order chi connectivity index (χ1) is 10.4. The van der Waals surface area contributed by atoms with Crippen LogP contribution < -0.4 is 0 Å². The minimum absolute atomic E-state index is 0.0131. The summed E-state index contributed by atoms with van der Waals surface area (Å²) in [6, 6.07) is 6.19. The van der Waals surface area contributed by atoms with Crippen LogP contribution in [0.25, 0.3) is 0 Å². The SMILES string of the molecule is CCCCC(C)(CCCC)OC(=O)c1ccccc1C(=O)O. The van der Waals surface area contributed by atoms with Gasteiger partial charge in [0.15, 0.2) is 0 Å². The van der Waals surface area contributed by atoms with E-state index in [4.69, 9.17) is 4.74 Å². The number of hydrogen-bond acceptors (Lipinski definition) is 3. The van der Waals surface area contributed by atoms with Gasteiger partial charge in [0.05, 0.1) is 11.1 Å². The predicted octanol–water partition coefficient (Wildman–Crippen LogP) is 4.68. The zero-order valence-electron chi connectivity index (χ0n) is 13.7. The van der Waals surface area contributed by atoms with Crippen LogP contribution in [0.4, 0.5) is 0 Å². The highest BCUT2D eigenvalue weighted by atomic mass is 16.6. The Hall–Kier alpha value is -1.84. The average Bonchev–Trinajstić information content (AvgIpc) is 2.51. The molecule has 0 saturated heterocycles. The molecule has 1 aromatic carbocycles. The minimum Gasteiger partial charge on any atom is -0.478 e. The van der Waals surface area contributed by atoms with Gasteiger partial charge in [0, 0.05) is 0 Å². The van der Waals surface area contributed by atoms with E-state index in [9.17, 15) is 14.7 Å². The lowest BCUT2D eigenvalue weighted by molar-refractivity contribution is -0.0197. The number of benzene rings is 1. The molecule has 1 aromatic rings. The van der Waals surface area contributed by atoms with Crippen LogP contribution in [0.15, 0.2) is 24.3 Å². The fraction of sp³-hybridized carbons (Fsp3) is 0.556. The molecule has 0 aliphatic heterocycles. The highest BCUT2D eigenvalue weighted by Gasteiger charge is 2.29. The quantitative estimate of drug-likeness (QED) is 0.673. The van der Waals surface area contributed by atoms with Crippen LogP contribution in [-0.4, -0.2) is 22.6 Å². The maximum Gasteiger partial charge on any atom is 0.339 e. The summed E-state index contributed by atoms with van der Waals surface area (Å²) >= 11 is 0. The Kier molecular flexibility index (Phi) is 7.09. The maximum atomic E-state index is 12.4. The van der Waals surface area contributed by atoms with Gasteiger partial charge in [-0.2, -0.15) is 0 Å². The summed E-state index contributed by atoms with van der Waals surface area (Å²) < 4.78 is 5.72. The number of unbranched alkanes of at least 4 members (excludes halogenated alkanes) is 2. The molecule has 1 N–H and O–H groups in total. The van der Waals surface area contributed by atoms with Crippen LogP contribution >= 0.6 is 0 Å². The molecule has 1 rings (SSSR count). The van der Waals surface area contributed by atoms with E-state index < -0.39 is 17.5 Å².